The van der Waals surface area contributed by atoms with Gasteiger partial charge in [0.2, 0.25) is 0 Å². The number of aromatic nitrogens is 4. The molecule has 0 saturated carbocycles. The first-order valence-corrected chi connectivity index (χ1v) is 10.3. The number of nitrogen functional groups attached to an aromatic ring is 1. The Morgan fingerprint density at radius 2 is 1.96 bits per heavy atom. The highest BCUT2D eigenvalue weighted by Crippen LogP contribution is 2.33. The molecule has 1 fully saturated rings. The molecule has 1 aliphatic heterocycles. The molecule has 26 heavy (non-hydrogen) atoms. The number of hydrogen-bond donors (Lipinski definition) is 3. The number of fused-ring (bicyclic) bond motifs is 1. The molecule has 3 rings (SSSR count). The van der Waals surface area contributed by atoms with Crippen LogP contribution in [-0.2, 0) is 4.74 Å². The van der Waals surface area contributed by atoms with Gasteiger partial charge in [0.15, 0.2) is 17.7 Å². The lowest BCUT2D eigenvalue weighted by Gasteiger charge is -2.16. The molecule has 0 radical (unpaired) electrons. The molecule has 144 valence electrons. The number of rotatable bonds is 9. The minimum absolute atomic E-state index is 0.275. The van der Waals surface area contributed by atoms with E-state index in [0.29, 0.717) is 16.9 Å². The van der Waals surface area contributed by atoms with Gasteiger partial charge in [-0.3, -0.25) is 4.57 Å². The monoisotopic (exact) mass is 381 g/mol. The van der Waals surface area contributed by atoms with Crippen LogP contribution in [0.5, 0.6) is 0 Å². The average Bonchev–Trinajstić information content (AvgIpc) is 3.18. The summed E-state index contributed by atoms with van der Waals surface area (Å²) in [5.74, 6) is 1.96. The Hall–Kier alpha value is -1.42. The summed E-state index contributed by atoms with van der Waals surface area (Å²) in [6.07, 6.45) is 5.93. The highest BCUT2D eigenvalue weighted by atomic mass is 32.2. The van der Waals surface area contributed by atoms with Crippen molar-refractivity contribution in [1.29, 1.82) is 0 Å². The van der Waals surface area contributed by atoms with Crippen molar-refractivity contribution in [3.05, 3.63) is 12.7 Å². The molecule has 0 amide bonds. The van der Waals surface area contributed by atoms with Crippen LogP contribution in [-0.4, -0.2) is 59.5 Å². The number of unbranched alkanes of at least 4 members (excludes halogenated alkanes) is 4. The number of anilines is 1. The van der Waals surface area contributed by atoms with Crippen LogP contribution in [0.15, 0.2) is 12.7 Å². The molecular formula is C17H27N5O3S. The van der Waals surface area contributed by atoms with E-state index in [0.717, 1.165) is 5.75 Å². The molecule has 0 aromatic carbocycles. The molecular weight excluding hydrogens is 354 g/mol. The normalized spacial score (nSPS) is 26.0. The second kappa shape index (κ2) is 8.98. The van der Waals surface area contributed by atoms with Crippen LogP contribution in [0.1, 0.15) is 45.3 Å². The fraction of sp³-hybridized carbons (Fsp3) is 0.706. The summed E-state index contributed by atoms with van der Waals surface area (Å²) in [6, 6.07) is 0. The predicted octanol–water partition coefficient (Wildman–Crippen LogP) is 1.73. The number of hydrogen-bond acceptors (Lipinski definition) is 8. The topological polar surface area (TPSA) is 119 Å². The van der Waals surface area contributed by atoms with Gasteiger partial charge in [-0.1, -0.05) is 32.6 Å². The van der Waals surface area contributed by atoms with Crippen molar-refractivity contribution in [2.45, 2.75) is 63.6 Å². The third kappa shape index (κ3) is 4.11. The van der Waals surface area contributed by atoms with Gasteiger partial charge < -0.3 is 20.7 Å². The van der Waals surface area contributed by atoms with Crippen molar-refractivity contribution >= 4 is 28.7 Å². The first kappa shape index (κ1) is 19.3. The van der Waals surface area contributed by atoms with E-state index in [2.05, 4.69) is 21.9 Å². The van der Waals surface area contributed by atoms with Crippen molar-refractivity contribution < 1.29 is 14.9 Å². The zero-order chi connectivity index (χ0) is 18.5. The zero-order valence-electron chi connectivity index (χ0n) is 15.0. The van der Waals surface area contributed by atoms with Crippen molar-refractivity contribution in [3.63, 3.8) is 0 Å². The summed E-state index contributed by atoms with van der Waals surface area (Å²) in [4.78, 5) is 12.3. The Balaban J connectivity index is 1.56. The fourth-order valence-electron chi connectivity index (χ4n) is 3.16. The average molecular weight is 382 g/mol. The lowest BCUT2D eigenvalue weighted by Crippen LogP contribution is -2.32. The number of aliphatic hydroxyl groups excluding tert-OH is 2. The molecule has 2 aromatic heterocycles. The van der Waals surface area contributed by atoms with Gasteiger partial charge in [-0.2, -0.15) is 11.8 Å². The third-order valence-corrected chi connectivity index (χ3v) is 5.81. The van der Waals surface area contributed by atoms with Crippen molar-refractivity contribution in [2.75, 3.05) is 17.2 Å². The molecule has 8 nitrogen and oxygen atoms in total. The van der Waals surface area contributed by atoms with Gasteiger partial charge in [0.05, 0.1) is 12.4 Å². The summed E-state index contributed by atoms with van der Waals surface area (Å²) in [5, 5.41) is 20.8. The SMILES string of the molecule is CCCCCCCSC[C@@H]1O[C@@H](n2cnc3c(N)ncnc32)[C@@H](O)[C@@H]1O. The lowest BCUT2D eigenvalue weighted by atomic mass is 10.1. The standard InChI is InChI=1S/C17H27N5O3S/c1-2-3-4-5-6-7-26-8-11-13(23)14(24)17(25-11)22-10-21-12-15(18)19-9-20-16(12)22/h9-11,13-14,17,23-24H,2-8H2,1H3,(H2,18,19,20)/t11-,13+,14-,17+/m0/s1. The third-order valence-electron chi connectivity index (χ3n) is 4.67. The number of nitrogens with two attached hydrogens (primary N) is 1. The van der Waals surface area contributed by atoms with Gasteiger partial charge in [-0.05, 0) is 12.2 Å². The highest BCUT2D eigenvalue weighted by Gasteiger charge is 2.44. The predicted molar refractivity (Wildman–Crippen MR) is 102 cm³/mol. The van der Waals surface area contributed by atoms with Crippen LogP contribution in [0.4, 0.5) is 5.82 Å². The van der Waals surface area contributed by atoms with E-state index in [-0.39, 0.29) is 5.82 Å². The molecule has 3 heterocycles. The number of nitrogens with zero attached hydrogens (tertiary/aromatic N) is 4. The largest absolute Gasteiger partial charge is 0.387 e. The van der Waals surface area contributed by atoms with E-state index < -0.39 is 24.5 Å². The van der Waals surface area contributed by atoms with Crippen molar-refractivity contribution in [2.24, 2.45) is 0 Å². The number of aliphatic hydroxyl groups is 2. The Labute approximate surface area is 157 Å². The quantitative estimate of drug-likeness (QED) is 0.562. The Morgan fingerprint density at radius 3 is 2.77 bits per heavy atom. The lowest BCUT2D eigenvalue weighted by molar-refractivity contribution is -0.0289. The second-order valence-corrected chi connectivity index (χ2v) is 7.77. The van der Waals surface area contributed by atoms with Crippen molar-refractivity contribution in [3.8, 4) is 0 Å². The molecule has 1 saturated heterocycles. The van der Waals surface area contributed by atoms with Crippen molar-refractivity contribution in [1.82, 2.24) is 19.5 Å². The van der Waals surface area contributed by atoms with Crippen LogP contribution in [0, 0.1) is 0 Å². The van der Waals surface area contributed by atoms with Gasteiger partial charge >= 0.3 is 0 Å². The van der Waals surface area contributed by atoms with Gasteiger partial charge in [0.25, 0.3) is 0 Å². The van der Waals surface area contributed by atoms with Gasteiger partial charge in [0, 0.05) is 5.75 Å². The van der Waals surface area contributed by atoms with Gasteiger partial charge in [0.1, 0.15) is 24.1 Å². The van der Waals surface area contributed by atoms with E-state index in [4.69, 9.17) is 10.5 Å². The maximum Gasteiger partial charge on any atom is 0.167 e. The molecule has 0 bridgehead atoms. The molecule has 0 unspecified atom stereocenters. The van der Waals surface area contributed by atoms with Crippen LogP contribution < -0.4 is 5.73 Å². The van der Waals surface area contributed by atoms with Gasteiger partial charge in [-0.25, -0.2) is 15.0 Å². The summed E-state index contributed by atoms with van der Waals surface area (Å²) >= 11 is 1.75. The van der Waals surface area contributed by atoms with E-state index in [1.165, 1.54) is 44.8 Å². The minimum Gasteiger partial charge on any atom is -0.387 e. The Morgan fingerprint density at radius 1 is 1.15 bits per heavy atom. The molecule has 0 aliphatic carbocycles. The number of thioether (sulfide) groups is 1. The number of ether oxygens (including phenoxy) is 1. The second-order valence-electron chi connectivity index (χ2n) is 6.62. The molecule has 4 atom stereocenters. The van der Waals surface area contributed by atoms with E-state index in [9.17, 15) is 10.2 Å². The maximum atomic E-state index is 10.4. The summed E-state index contributed by atoms with van der Waals surface area (Å²) in [5.41, 5.74) is 6.74. The molecule has 4 N–H and O–H groups in total. The van der Waals surface area contributed by atoms with E-state index in [1.54, 1.807) is 16.3 Å². The highest BCUT2D eigenvalue weighted by molar-refractivity contribution is 7.99. The van der Waals surface area contributed by atoms with Crippen LogP contribution in [0.3, 0.4) is 0 Å². The molecule has 2 aromatic rings. The van der Waals surface area contributed by atoms with Crippen LogP contribution in [0.25, 0.3) is 11.2 Å². The van der Waals surface area contributed by atoms with Crippen LogP contribution >= 0.6 is 11.8 Å². The zero-order valence-corrected chi connectivity index (χ0v) is 15.8. The van der Waals surface area contributed by atoms with Crippen LogP contribution in [0.2, 0.25) is 0 Å². The fourth-order valence-corrected chi connectivity index (χ4v) is 4.24. The summed E-state index contributed by atoms with van der Waals surface area (Å²) in [7, 11) is 0. The van der Waals surface area contributed by atoms with E-state index >= 15 is 0 Å². The molecule has 1 aliphatic rings. The summed E-state index contributed by atoms with van der Waals surface area (Å²) in [6.45, 7) is 2.21. The smallest absolute Gasteiger partial charge is 0.167 e. The summed E-state index contributed by atoms with van der Waals surface area (Å²) < 4.78 is 7.53. The number of imidazole rings is 1. The van der Waals surface area contributed by atoms with Gasteiger partial charge in [-0.15, -0.1) is 0 Å². The first-order chi connectivity index (χ1) is 12.6. The molecule has 0 spiro atoms. The maximum absolute atomic E-state index is 10.4. The Kier molecular flexibility index (Phi) is 6.68. The Bertz CT molecular complexity index is 713. The minimum atomic E-state index is -1.04. The van der Waals surface area contributed by atoms with E-state index in [1.807, 2.05) is 0 Å². The first-order valence-electron chi connectivity index (χ1n) is 9.15. The molecule has 9 heteroatoms.